The highest BCUT2D eigenvalue weighted by Gasteiger charge is 2.64. The van der Waals surface area contributed by atoms with E-state index in [0.29, 0.717) is 67.0 Å². The van der Waals surface area contributed by atoms with Crippen molar-refractivity contribution in [2.45, 2.75) is 0 Å². The summed E-state index contributed by atoms with van der Waals surface area (Å²) < 4.78 is 51.6. The van der Waals surface area contributed by atoms with Crippen molar-refractivity contribution in [3.63, 3.8) is 0 Å². The molecule has 0 spiro atoms. The predicted molar refractivity (Wildman–Crippen MR) is 315 cm³/mol. The van der Waals surface area contributed by atoms with Crippen LogP contribution in [0.1, 0.15) is 0 Å². The van der Waals surface area contributed by atoms with Crippen LogP contribution in [0, 0.1) is 0 Å². The standard InChI is InChI=1S/C66H38N6O4P2/c73-77-61-45-29-17-31-47(61)71-43-27-13-15-33-51(43)75-53-38-36-50(63(77)55(53)71)70(42-25-11-4-12-26-42)60-58-66-59(57(65(60)77)67(45)39-19-5-1-6-20-39)69(41-23-9-3-10-24-41)49-35-37-54-56-64(49)78(66,74)62-46(68(58)40-21-7-2-8-22-40)30-18-32-48(62)72(56)44-28-14-16-34-52(44)76-54/h1-38H. The summed E-state index contributed by atoms with van der Waals surface area (Å²) in [4.78, 5) is 13.8. The Morgan fingerprint density at radius 2 is 0.500 bits per heavy atom. The molecule has 11 aromatic rings. The molecule has 366 valence electrons. The Bertz CT molecular complexity index is 4380. The van der Waals surface area contributed by atoms with Crippen LogP contribution in [0.25, 0.3) is 0 Å². The number of rotatable bonds is 4. The molecule has 0 aromatic heterocycles. The van der Waals surface area contributed by atoms with Crippen molar-refractivity contribution in [3.05, 3.63) is 231 Å². The van der Waals surface area contributed by atoms with Crippen molar-refractivity contribution in [1.82, 2.24) is 0 Å². The molecule has 11 aromatic carbocycles. The van der Waals surface area contributed by atoms with Crippen LogP contribution < -0.4 is 70.7 Å². The first-order valence-corrected chi connectivity index (χ1v) is 29.6. The molecule has 0 radical (unpaired) electrons. The summed E-state index contributed by atoms with van der Waals surface area (Å²) in [5.41, 5.74) is 14.3. The van der Waals surface area contributed by atoms with Gasteiger partial charge in [-0.3, -0.25) is 0 Å². The number of ether oxygens (including phenoxy) is 2. The molecule has 0 fully saturated rings. The van der Waals surface area contributed by atoms with Crippen LogP contribution in [0.2, 0.25) is 0 Å². The Morgan fingerprint density at radius 3 is 0.846 bits per heavy atom. The highest BCUT2D eigenvalue weighted by molar-refractivity contribution is 7.88. The number of hydrogen-bond donors (Lipinski definition) is 0. The van der Waals surface area contributed by atoms with Crippen LogP contribution in [0.3, 0.4) is 0 Å². The fourth-order valence-corrected chi connectivity index (χ4v) is 21.5. The molecular weight excluding hydrogens is 1000 g/mol. The first-order chi connectivity index (χ1) is 38.5. The lowest BCUT2D eigenvalue weighted by Gasteiger charge is -2.56. The number of anilines is 18. The van der Waals surface area contributed by atoms with E-state index < -0.39 is 14.3 Å². The third-order valence-corrected chi connectivity index (χ3v) is 23.3. The van der Waals surface area contributed by atoms with Gasteiger partial charge in [-0.2, -0.15) is 0 Å². The van der Waals surface area contributed by atoms with Crippen LogP contribution in [-0.4, -0.2) is 0 Å². The van der Waals surface area contributed by atoms with E-state index in [2.05, 4.69) is 187 Å². The summed E-state index contributed by atoms with van der Waals surface area (Å²) in [6, 6.07) is 78.9. The van der Waals surface area contributed by atoms with Crippen LogP contribution in [-0.2, 0) is 9.13 Å². The van der Waals surface area contributed by atoms with Gasteiger partial charge in [0.1, 0.15) is 11.4 Å². The van der Waals surface area contributed by atoms with Crippen molar-refractivity contribution >= 4 is 148 Å². The maximum Gasteiger partial charge on any atom is 0.183 e. The van der Waals surface area contributed by atoms with Gasteiger partial charge in [0.25, 0.3) is 0 Å². The second kappa shape index (κ2) is 14.2. The number of nitrogens with zero attached hydrogens (tertiary/aromatic N) is 6. The van der Waals surface area contributed by atoms with Gasteiger partial charge in [-0.15, -0.1) is 0 Å². The molecule has 0 bridgehead atoms. The predicted octanol–water partition coefficient (Wildman–Crippen LogP) is 15.9. The molecule has 12 heteroatoms. The lowest BCUT2D eigenvalue weighted by Crippen LogP contribution is -2.53. The smallest absolute Gasteiger partial charge is 0.183 e. The Balaban J connectivity index is 1.09. The molecule has 8 heterocycles. The van der Waals surface area contributed by atoms with Gasteiger partial charge in [-0.05, 0) is 121 Å². The molecule has 0 saturated heterocycles. The molecule has 8 aliphatic heterocycles. The third kappa shape index (κ3) is 4.66. The van der Waals surface area contributed by atoms with E-state index in [1.54, 1.807) is 0 Å². The maximum absolute atomic E-state index is 18.9. The second-order valence-electron chi connectivity index (χ2n) is 20.7. The number of fused-ring (bicyclic) bond motifs is 8. The van der Waals surface area contributed by atoms with E-state index >= 15 is 9.13 Å². The van der Waals surface area contributed by atoms with Crippen LogP contribution in [0.15, 0.2) is 231 Å². The van der Waals surface area contributed by atoms with Gasteiger partial charge in [-0.25, -0.2) is 0 Å². The quantitative estimate of drug-likeness (QED) is 0.159. The largest absolute Gasteiger partial charge is 0.453 e. The molecule has 0 N–H and O–H groups in total. The van der Waals surface area contributed by atoms with Gasteiger partial charge >= 0.3 is 0 Å². The van der Waals surface area contributed by atoms with Gasteiger partial charge in [0.2, 0.25) is 0 Å². The highest BCUT2D eigenvalue weighted by atomic mass is 31.2. The van der Waals surface area contributed by atoms with Crippen molar-refractivity contribution in [2.24, 2.45) is 0 Å². The first kappa shape index (κ1) is 41.5. The summed E-state index contributed by atoms with van der Waals surface area (Å²) in [7, 11) is -8.18. The Morgan fingerprint density at radius 1 is 0.218 bits per heavy atom. The highest BCUT2D eigenvalue weighted by Crippen LogP contribution is 2.77. The maximum atomic E-state index is 18.9. The van der Waals surface area contributed by atoms with Crippen molar-refractivity contribution < 1.29 is 18.6 Å². The molecule has 78 heavy (non-hydrogen) atoms. The van der Waals surface area contributed by atoms with Crippen molar-refractivity contribution in [3.8, 4) is 23.0 Å². The second-order valence-corrected chi connectivity index (χ2v) is 25.8. The van der Waals surface area contributed by atoms with Crippen LogP contribution >= 0.6 is 14.3 Å². The van der Waals surface area contributed by atoms with E-state index in [-0.39, 0.29) is 0 Å². The van der Waals surface area contributed by atoms with E-state index in [4.69, 9.17) is 9.47 Å². The van der Waals surface area contributed by atoms with Gasteiger partial charge in [-0.1, -0.05) is 109 Å². The SMILES string of the molecule is O=P12c3c4cccc3N3c5ccccc5Oc5ccc(c1c53)N(c1ccccc1)c1c3c5c(c(c12)N4c1ccccc1)N(c1ccccc1)c1ccc2c4c1P5(=O)c1c(cccc1N4c1ccccc1O2)N3c1ccccc1. The van der Waals surface area contributed by atoms with Gasteiger partial charge in [0, 0.05) is 22.7 Å². The molecule has 2 atom stereocenters. The average Bonchev–Trinajstić information content (AvgIpc) is 1.42. The van der Waals surface area contributed by atoms with Crippen molar-refractivity contribution in [2.75, 3.05) is 29.4 Å². The van der Waals surface area contributed by atoms with Gasteiger partial charge in [0.05, 0.1) is 100 Å². The minimum Gasteiger partial charge on any atom is -0.453 e. The Hall–Kier alpha value is -9.72. The Labute approximate surface area is 447 Å². The van der Waals surface area contributed by atoms with E-state index in [9.17, 15) is 0 Å². The lowest BCUT2D eigenvalue weighted by molar-refractivity contribution is 0.477. The molecule has 19 rings (SSSR count). The zero-order valence-corrected chi connectivity index (χ0v) is 42.9. The number of benzene rings is 11. The van der Waals surface area contributed by atoms with Crippen LogP contribution in [0.4, 0.5) is 102 Å². The van der Waals surface area contributed by atoms with Crippen LogP contribution in [0.5, 0.6) is 23.0 Å². The summed E-state index contributed by atoms with van der Waals surface area (Å²) in [6.07, 6.45) is 0. The fourth-order valence-electron chi connectivity index (χ4n) is 14.2. The molecular formula is C66H38N6O4P2. The Kier molecular flexibility index (Phi) is 7.56. The summed E-state index contributed by atoms with van der Waals surface area (Å²) in [6.45, 7) is 0. The number of hydrogen-bond acceptors (Lipinski definition) is 10. The summed E-state index contributed by atoms with van der Waals surface area (Å²) in [5, 5.41) is 4.19. The van der Waals surface area contributed by atoms with Crippen molar-refractivity contribution in [1.29, 1.82) is 0 Å². The van der Waals surface area contributed by atoms with E-state index in [1.165, 1.54) is 0 Å². The molecule has 0 amide bonds. The molecule has 0 saturated carbocycles. The van der Waals surface area contributed by atoms with Gasteiger partial charge in [0.15, 0.2) is 37.3 Å². The van der Waals surface area contributed by atoms with Gasteiger partial charge < -0.3 is 48.0 Å². The normalized spacial score (nSPS) is 18.5. The molecule has 10 nitrogen and oxygen atoms in total. The zero-order valence-electron chi connectivity index (χ0n) is 41.2. The molecule has 2 unspecified atom stereocenters. The summed E-state index contributed by atoms with van der Waals surface area (Å²) in [5.74, 6) is 2.67. The first-order valence-electron chi connectivity index (χ1n) is 26.2. The fraction of sp³-hybridized carbons (Fsp3) is 0. The zero-order chi connectivity index (χ0) is 50.9. The topological polar surface area (TPSA) is 72.0 Å². The minimum absolute atomic E-state index is 0.624. The number of para-hydroxylation sites is 8. The minimum atomic E-state index is -4.09. The van der Waals surface area contributed by atoms with E-state index in [1.807, 2.05) is 72.8 Å². The lowest BCUT2D eigenvalue weighted by atomic mass is 9.99. The third-order valence-electron chi connectivity index (χ3n) is 16.9. The monoisotopic (exact) mass is 1040 g/mol. The summed E-state index contributed by atoms with van der Waals surface area (Å²) >= 11 is 0. The average molecular weight is 1040 g/mol. The molecule has 8 aliphatic rings. The van der Waals surface area contributed by atoms with E-state index in [0.717, 1.165) is 90.2 Å². The molecule has 0 aliphatic carbocycles.